The maximum Gasteiger partial charge on any atom is 0.103 e. The van der Waals surface area contributed by atoms with Crippen LogP contribution in [-0.4, -0.2) is 49.8 Å². The molecule has 1 N–H and O–H groups in total. The molecule has 2 heterocycles. The van der Waals surface area contributed by atoms with Gasteiger partial charge in [-0.3, -0.25) is 4.90 Å². The fraction of sp³-hybridized carbons (Fsp3) is 0.733. The summed E-state index contributed by atoms with van der Waals surface area (Å²) in [6.45, 7) is 9.49. The summed E-state index contributed by atoms with van der Waals surface area (Å²) in [5, 5.41) is 3.67. The van der Waals surface area contributed by atoms with E-state index in [1.54, 1.807) is 6.26 Å². The molecule has 2 atom stereocenters. The predicted molar refractivity (Wildman–Crippen MR) is 76.3 cm³/mol. The van der Waals surface area contributed by atoms with E-state index in [0.29, 0.717) is 12.1 Å². The first-order chi connectivity index (χ1) is 9.24. The standard InChI is InChI=1S/C15H26N2O2/c1-13(5-6-15-4-3-9-19-15)16-14(2)12-17-7-10-18-11-8-17/h3-4,9,13-14,16H,5-8,10-12H2,1-2H3. The van der Waals surface area contributed by atoms with Crippen LogP contribution in [0.5, 0.6) is 0 Å². The van der Waals surface area contributed by atoms with Crippen LogP contribution in [0.15, 0.2) is 22.8 Å². The van der Waals surface area contributed by atoms with Crippen LogP contribution in [0.1, 0.15) is 26.0 Å². The molecule has 4 nitrogen and oxygen atoms in total. The maximum absolute atomic E-state index is 5.37. The van der Waals surface area contributed by atoms with E-state index in [4.69, 9.17) is 9.15 Å². The molecule has 108 valence electrons. The van der Waals surface area contributed by atoms with Gasteiger partial charge in [-0.15, -0.1) is 0 Å². The van der Waals surface area contributed by atoms with Crippen LogP contribution in [0.3, 0.4) is 0 Å². The topological polar surface area (TPSA) is 37.6 Å². The minimum Gasteiger partial charge on any atom is -0.469 e. The molecule has 0 spiro atoms. The molecule has 0 radical (unpaired) electrons. The molecule has 4 heteroatoms. The second-order valence-electron chi connectivity index (χ2n) is 5.50. The summed E-state index contributed by atoms with van der Waals surface area (Å²) >= 11 is 0. The second kappa shape index (κ2) is 7.68. The smallest absolute Gasteiger partial charge is 0.103 e. The molecule has 0 amide bonds. The Labute approximate surface area is 116 Å². The molecule has 1 aliphatic heterocycles. The van der Waals surface area contributed by atoms with E-state index in [0.717, 1.165) is 51.4 Å². The van der Waals surface area contributed by atoms with Gasteiger partial charge >= 0.3 is 0 Å². The average Bonchev–Trinajstić information content (AvgIpc) is 2.90. The van der Waals surface area contributed by atoms with Gasteiger partial charge in [0.2, 0.25) is 0 Å². The van der Waals surface area contributed by atoms with E-state index in [9.17, 15) is 0 Å². The van der Waals surface area contributed by atoms with E-state index >= 15 is 0 Å². The van der Waals surface area contributed by atoms with Crippen molar-refractivity contribution >= 4 is 0 Å². The number of aryl methyl sites for hydroxylation is 1. The molecule has 1 fully saturated rings. The fourth-order valence-electron chi connectivity index (χ4n) is 2.61. The van der Waals surface area contributed by atoms with Crippen molar-refractivity contribution in [3.8, 4) is 0 Å². The molecule has 0 aliphatic carbocycles. The third kappa shape index (κ3) is 5.35. The Balaban J connectivity index is 1.62. The lowest BCUT2D eigenvalue weighted by Crippen LogP contribution is -2.46. The number of furan rings is 1. The highest BCUT2D eigenvalue weighted by Crippen LogP contribution is 2.06. The zero-order valence-corrected chi connectivity index (χ0v) is 12.1. The van der Waals surface area contributed by atoms with Crippen molar-refractivity contribution in [1.29, 1.82) is 0 Å². The summed E-state index contributed by atoms with van der Waals surface area (Å²) < 4.78 is 10.7. The minimum atomic E-state index is 0.515. The average molecular weight is 266 g/mol. The number of hydrogen-bond acceptors (Lipinski definition) is 4. The zero-order valence-electron chi connectivity index (χ0n) is 12.1. The van der Waals surface area contributed by atoms with Crippen LogP contribution in [0, 0.1) is 0 Å². The molecule has 1 aromatic rings. The molecule has 1 saturated heterocycles. The number of nitrogens with zero attached hydrogens (tertiary/aromatic N) is 1. The van der Waals surface area contributed by atoms with Crippen LogP contribution in [0.4, 0.5) is 0 Å². The van der Waals surface area contributed by atoms with E-state index in [-0.39, 0.29) is 0 Å². The van der Waals surface area contributed by atoms with Gasteiger partial charge in [0.1, 0.15) is 5.76 Å². The van der Waals surface area contributed by atoms with Crippen LogP contribution in [0.25, 0.3) is 0 Å². The Bertz CT molecular complexity index is 334. The molecule has 19 heavy (non-hydrogen) atoms. The van der Waals surface area contributed by atoms with Gasteiger partial charge < -0.3 is 14.5 Å². The van der Waals surface area contributed by atoms with E-state index < -0.39 is 0 Å². The molecule has 0 saturated carbocycles. The molecule has 1 aliphatic rings. The maximum atomic E-state index is 5.37. The highest BCUT2D eigenvalue weighted by Gasteiger charge is 2.15. The largest absolute Gasteiger partial charge is 0.469 e. The fourth-order valence-corrected chi connectivity index (χ4v) is 2.61. The normalized spacial score (nSPS) is 20.3. The van der Waals surface area contributed by atoms with Crippen LogP contribution in [0.2, 0.25) is 0 Å². The predicted octanol–water partition coefficient (Wildman–Crippen LogP) is 1.91. The van der Waals surface area contributed by atoms with Gasteiger partial charge in [0.05, 0.1) is 19.5 Å². The van der Waals surface area contributed by atoms with Gasteiger partial charge in [0, 0.05) is 38.1 Å². The molecular weight excluding hydrogens is 240 g/mol. The Hall–Kier alpha value is -0.840. The quantitative estimate of drug-likeness (QED) is 0.818. The summed E-state index contributed by atoms with van der Waals surface area (Å²) in [4.78, 5) is 2.47. The number of morpholine rings is 1. The highest BCUT2D eigenvalue weighted by atomic mass is 16.5. The van der Waals surface area contributed by atoms with Crippen LogP contribution in [-0.2, 0) is 11.2 Å². The van der Waals surface area contributed by atoms with Crippen molar-refractivity contribution in [3.05, 3.63) is 24.2 Å². The van der Waals surface area contributed by atoms with Gasteiger partial charge in [-0.25, -0.2) is 0 Å². The monoisotopic (exact) mass is 266 g/mol. The second-order valence-corrected chi connectivity index (χ2v) is 5.50. The molecule has 2 rings (SSSR count). The minimum absolute atomic E-state index is 0.515. The Morgan fingerprint density at radius 3 is 2.74 bits per heavy atom. The third-order valence-electron chi connectivity index (χ3n) is 3.61. The Kier molecular flexibility index (Phi) is 5.89. The van der Waals surface area contributed by atoms with Crippen LogP contribution >= 0.6 is 0 Å². The lowest BCUT2D eigenvalue weighted by molar-refractivity contribution is 0.0339. The first-order valence-electron chi connectivity index (χ1n) is 7.32. The van der Waals surface area contributed by atoms with Gasteiger partial charge in [0.15, 0.2) is 0 Å². The van der Waals surface area contributed by atoms with Crippen molar-refractivity contribution in [1.82, 2.24) is 10.2 Å². The van der Waals surface area contributed by atoms with Gasteiger partial charge in [-0.1, -0.05) is 0 Å². The molecule has 1 aromatic heterocycles. The SMILES string of the molecule is CC(CCc1ccco1)NC(C)CN1CCOCC1. The summed E-state index contributed by atoms with van der Waals surface area (Å²) in [5.74, 6) is 1.08. The first kappa shape index (κ1) is 14.6. The molecule has 0 bridgehead atoms. The van der Waals surface area contributed by atoms with Crippen molar-refractivity contribution in [2.75, 3.05) is 32.8 Å². The van der Waals surface area contributed by atoms with Crippen molar-refractivity contribution in [3.63, 3.8) is 0 Å². The summed E-state index contributed by atoms with van der Waals surface area (Å²) in [5.41, 5.74) is 0. The van der Waals surface area contributed by atoms with E-state index in [2.05, 4.69) is 24.1 Å². The zero-order chi connectivity index (χ0) is 13.5. The van der Waals surface area contributed by atoms with Gasteiger partial charge in [-0.05, 0) is 32.4 Å². The first-order valence-corrected chi connectivity index (χ1v) is 7.32. The van der Waals surface area contributed by atoms with E-state index in [1.165, 1.54) is 0 Å². The van der Waals surface area contributed by atoms with Crippen molar-refractivity contribution in [2.45, 2.75) is 38.8 Å². The summed E-state index contributed by atoms with van der Waals surface area (Å²) in [7, 11) is 0. The highest BCUT2D eigenvalue weighted by molar-refractivity contribution is 4.98. The Morgan fingerprint density at radius 1 is 1.26 bits per heavy atom. The van der Waals surface area contributed by atoms with Crippen LogP contribution < -0.4 is 5.32 Å². The lowest BCUT2D eigenvalue weighted by atomic mass is 10.1. The number of nitrogens with one attached hydrogen (secondary N) is 1. The van der Waals surface area contributed by atoms with Gasteiger partial charge in [0.25, 0.3) is 0 Å². The van der Waals surface area contributed by atoms with Gasteiger partial charge in [-0.2, -0.15) is 0 Å². The third-order valence-corrected chi connectivity index (χ3v) is 3.61. The lowest BCUT2D eigenvalue weighted by Gasteiger charge is -2.30. The molecule has 2 unspecified atom stereocenters. The summed E-state index contributed by atoms with van der Waals surface area (Å²) in [6, 6.07) is 5.03. The number of rotatable bonds is 7. The molecule has 0 aromatic carbocycles. The van der Waals surface area contributed by atoms with E-state index in [1.807, 2.05) is 12.1 Å². The molecular formula is C15H26N2O2. The number of ether oxygens (including phenoxy) is 1. The van der Waals surface area contributed by atoms with Crippen molar-refractivity contribution < 1.29 is 9.15 Å². The number of hydrogen-bond donors (Lipinski definition) is 1. The summed E-state index contributed by atoms with van der Waals surface area (Å²) in [6.07, 6.45) is 3.86. The Morgan fingerprint density at radius 2 is 2.05 bits per heavy atom. The van der Waals surface area contributed by atoms with Crippen molar-refractivity contribution in [2.24, 2.45) is 0 Å².